The zero-order chi connectivity index (χ0) is 19.6. The molecule has 7 heteroatoms. The average Bonchev–Trinajstić information content (AvgIpc) is 3.00. The lowest BCUT2D eigenvalue weighted by Crippen LogP contribution is -2.39. The highest BCUT2D eigenvalue weighted by Gasteiger charge is 2.36. The van der Waals surface area contributed by atoms with Gasteiger partial charge in [0.25, 0.3) is 0 Å². The molecule has 1 fully saturated rings. The molecule has 1 aliphatic rings. The van der Waals surface area contributed by atoms with Crippen molar-refractivity contribution in [2.24, 2.45) is 5.92 Å². The van der Waals surface area contributed by atoms with Crippen molar-refractivity contribution in [3.05, 3.63) is 64.1 Å². The van der Waals surface area contributed by atoms with Gasteiger partial charge in [0.1, 0.15) is 11.6 Å². The highest BCUT2D eigenvalue weighted by atomic mass is 79.9. The van der Waals surface area contributed by atoms with Crippen molar-refractivity contribution in [1.82, 2.24) is 5.32 Å². The molecule has 142 valence electrons. The monoisotopic (exact) mass is 436 g/mol. The molecule has 0 radical (unpaired) electrons. The fourth-order valence-corrected chi connectivity index (χ4v) is 3.73. The van der Waals surface area contributed by atoms with Gasteiger partial charge in [-0.05, 0) is 53.5 Å². The molecule has 2 amide bonds. The number of para-hydroxylation sites is 1. The SMILES string of the molecule is CC(Cc1c(F)cccc1F)NC(=O)C1CC(=O)N(c2ccccc2Br)C1. The molecule has 1 saturated heterocycles. The van der Waals surface area contributed by atoms with Gasteiger partial charge < -0.3 is 10.2 Å². The van der Waals surface area contributed by atoms with Crippen molar-refractivity contribution in [3.8, 4) is 0 Å². The minimum Gasteiger partial charge on any atom is -0.353 e. The summed E-state index contributed by atoms with van der Waals surface area (Å²) in [5, 5.41) is 2.77. The van der Waals surface area contributed by atoms with E-state index in [0.29, 0.717) is 0 Å². The molecule has 4 nitrogen and oxygen atoms in total. The van der Waals surface area contributed by atoms with Crippen LogP contribution in [0.5, 0.6) is 0 Å². The number of rotatable bonds is 5. The lowest BCUT2D eigenvalue weighted by Gasteiger charge is -2.19. The van der Waals surface area contributed by atoms with E-state index in [-0.39, 0.29) is 36.8 Å². The molecule has 2 unspecified atom stereocenters. The van der Waals surface area contributed by atoms with Crippen molar-refractivity contribution in [3.63, 3.8) is 0 Å². The fourth-order valence-electron chi connectivity index (χ4n) is 3.23. The molecule has 1 aliphatic heterocycles. The Bertz CT molecular complexity index is 855. The normalized spacial score (nSPS) is 17.9. The van der Waals surface area contributed by atoms with Crippen LogP contribution in [-0.4, -0.2) is 24.4 Å². The minimum absolute atomic E-state index is 0.0405. The molecule has 2 aromatic carbocycles. The smallest absolute Gasteiger partial charge is 0.227 e. The third-order valence-electron chi connectivity index (χ3n) is 4.60. The second-order valence-electron chi connectivity index (χ2n) is 6.67. The molecule has 2 aromatic rings. The summed E-state index contributed by atoms with van der Waals surface area (Å²) in [4.78, 5) is 26.4. The first-order chi connectivity index (χ1) is 12.9. The lowest BCUT2D eigenvalue weighted by molar-refractivity contribution is -0.126. The van der Waals surface area contributed by atoms with Crippen molar-refractivity contribution in [2.75, 3.05) is 11.4 Å². The van der Waals surface area contributed by atoms with Gasteiger partial charge in [-0.25, -0.2) is 8.78 Å². The van der Waals surface area contributed by atoms with E-state index in [1.54, 1.807) is 11.8 Å². The molecule has 1 heterocycles. The summed E-state index contributed by atoms with van der Waals surface area (Å²) in [6.07, 6.45) is 0.146. The molecule has 3 rings (SSSR count). The van der Waals surface area contributed by atoms with Crippen LogP contribution in [0.2, 0.25) is 0 Å². The molecule has 1 N–H and O–H groups in total. The number of amides is 2. The summed E-state index contributed by atoms with van der Waals surface area (Å²) >= 11 is 3.42. The van der Waals surface area contributed by atoms with Crippen molar-refractivity contribution in [1.29, 1.82) is 0 Å². The van der Waals surface area contributed by atoms with Gasteiger partial charge in [0.05, 0.1) is 11.6 Å². The van der Waals surface area contributed by atoms with E-state index < -0.39 is 23.6 Å². The van der Waals surface area contributed by atoms with E-state index in [9.17, 15) is 18.4 Å². The van der Waals surface area contributed by atoms with Gasteiger partial charge in [-0.2, -0.15) is 0 Å². The first-order valence-electron chi connectivity index (χ1n) is 8.65. The predicted octanol–water partition coefficient (Wildman–Crippen LogP) is 3.83. The first kappa shape index (κ1) is 19.5. The number of carbonyl (C=O) groups is 2. The Labute approximate surface area is 164 Å². The zero-order valence-corrected chi connectivity index (χ0v) is 16.3. The second-order valence-corrected chi connectivity index (χ2v) is 7.53. The van der Waals surface area contributed by atoms with Crippen LogP contribution in [0.1, 0.15) is 18.9 Å². The topological polar surface area (TPSA) is 49.4 Å². The number of nitrogens with one attached hydrogen (secondary N) is 1. The van der Waals surface area contributed by atoms with Gasteiger partial charge in [0, 0.05) is 29.0 Å². The van der Waals surface area contributed by atoms with E-state index in [0.717, 1.165) is 10.2 Å². The highest BCUT2D eigenvalue weighted by molar-refractivity contribution is 9.10. The van der Waals surface area contributed by atoms with Crippen LogP contribution >= 0.6 is 15.9 Å². The Balaban J connectivity index is 1.63. The van der Waals surface area contributed by atoms with Crippen LogP contribution in [0.3, 0.4) is 0 Å². The molecule has 27 heavy (non-hydrogen) atoms. The molecular weight excluding hydrogens is 418 g/mol. The van der Waals surface area contributed by atoms with Gasteiger partial charge in [-0.1, -0.05) is 18.2 Å². The molecule has 2 atom stereocenters. The van der Waals surface area contributed by atoms with E-state index in [1.807, 2.05) is 24.3 Å². The maximum absolute atomic E-state index is 13.8. The number of halogens is 3. The summed E-state index contributed by atoms with van der Waals surface area (Å²) in [5.41, 5.74) is 0.668. The molecule has 0 aromatic heterocycles. The quantitative estimate of drug-likeness (QED) is 0.773. The van der Waals surface area contributed by atoms with Crippen molar-refractivity contribution < 1.29 is 18.4 Å². The maximum atomic E-state index is 13.8. The summed E-state index contributed by atoms with van der Waals surface area (Å²) < 4.78 is 28.3. The van der Waals surface area contributed by atoms with Gasteiger partial charge >= 0.3 is 0 Å². The number of hydrogen-bond donors (Lipinski definition) is 1. The Hall–Kier alpha value is -2.28. The number of hydrogen-bond acceptors (Lipinski definition) is 2. The van der Waals surface area contributed by atoms with Crippen LogP contribution in [0, 0.1) is 17.6 Å². The van der Waals surface area contributed by atoms with Crippen molar-refractivity contribution >= 4 is 33.4 Å². The van der Waals surface area contributed by atoms with E-state index in [2.05, 4.69) is 21.2 Å². The maximum Gasteiger partial charge on any atom is 0.227 e. The van der Waals surface area contributed by atoms with Crippen molar-refractivity contribution in [2.45, 2.75) is 25.8 Å². The highest BCUT2D eigenvalue weighted by Crippen LogP contribution is 2.31. The third kappa shape index (κ3) is 4.35. The molecule has 0 bridgehead atoms. The van der Waals surface area contributed by atoms with Crippen LogP contribution in [0.25, 0.3) is 0 Å². The van der Waals surface area contributed by atoms with Crippen LogP contribution in [0.15, 0.2) is 46.9 Å². The van der Waals surface area contributed by atoms with Crippen LogP contribution < -0.4 is 10.2 Å². The number of benzene rings is 2. The predicted molar refractivity (Wildman–Crippen MR) is 102 cm³/mol. The molecule has 0 aliphatic carbocycles. The summed E-state index contributed by atoms with van der Waals surface area (Å²) in [6, 6.07) is 10.5. The largest absolute Gasteiger partial charge is 0.353 e. The minimum atomic E-state index is -0.632. The van der Waals surface area contributed by atoms with Crippen LogP contribution in [-0.2, 0) is 16.0 Å². The number of carbonyl (C=O) groups excluding carboxylic acids is 2. The summed E-state index contributed by atoms with van der Waals surface area (Å²) in [6.45, 7) is 1.96. The molecule has 0 saturated carbocycles. The Morgan fingerprint density at radius 3 is 2.56 bits per heavy atom. The number of anilines is 1. The van der Waals surface area contributed by atoms with Gasteiger partial charge in [0.15, 0.2) is 0 Å². The summed E-state index contributed by atoms with van der Waals surface area (Å²) in [5.74, 6) is -2.19. The lowest BCUT2D eigenvalue weighted by atomic mass is 10.0. The molecular formula is C20H19BrF2N2O2. The third-order valence-corrected chi connectivity index (χ3v) is 5.27. The molecule has 0 spiro atoms. The van der Waals surface area contributed by atoms with Gasteiger partial charge in [-0.3, -0.25) is 9.59 Å². The zero-order valence-electron chi connectivity index (χ0n) is 14.7. The number of nitrogens with zero attached hydrogens (tertiary/aromatic N) is 1. The Morgan fingerprint density at radius 1 is 1.22 bits per heavy atom. The van der Waals surface area contributed by atoms with Gasteiger partial charge in [0.2, 0.25) is 11.8 Å². The standard InChI is InChI=1S/C20H19BrF2N2O2/c1-12(9-14-16(22)6-4-7-17(14)23)24-20(27)13-10-19(26)25(11-13)18-8-3-2-5-15(18)21/h2-8,12-13H,9-11H2,1H3,(H,24,27). The van der Waals surface area contributed by atoms with E-state index >= 15 is 0 Å². The first-order valence-corrected chi connectivity index (χ1v) is 9.44. The Kier molecular flexibility index (Phi) is 5.89. The van der Waals surface area contributed by atoms with E-state index in [1.165, 1.54) is 18.2 Å². The van der Waals surface area contributed by atoms with E-state index in [4.69, 9.17) is 0 Å². The summed E-state index contributed by atoms with van der Waals surface area (Å²) in [7, 11) is 0. The second kappa shape index (κ2) is 8.17. The Morgan fingerprint density at radius 2 is 1.89 bits per heavy atom. The average molecular weight is 437 g/mol. The fraction of sp³-hybridized carbons (Fsp3) is 0.300. The van der Waals surface area contributed by atoms with Crippen LogP contribution in [0.4, 0.5) is 14.5 Å². The van der Waals surface area contributed by atoms with Gasteiger partial charge in [-0.15, -0.1) is 0 Å².